The van der Waals surface area contributed by atoms with E-state index in [2.05, 4.69) is 31.2 Å². The Morgan fingerprint density at radius 1 is 1.21 bits per heavy atom. The van der Waals surface area contributed by atoms with Crippen molar-refractivity contribution >= 4 is 6.29 Å². The van der Waals surface area contributed by atoms with E-state index in [0.29, 0.717) is 12.3 Å². The predicted octanol–water partition coefficient (Wildman–Crippen LogP) is 3.48. The smallest absolute Gasteiger partial charge is 0.120 e. The molecule has 0 bridgehead atoms. The number of benzene rings is 1. The minimum absolute atomic E-state index is 0.530. The molecule has 78 valence electrons. The van der Waals surface area contributed by atoms with E-state index in [4.69, 9.17) is 0 Å². The van der Waals surface area contributed by atoms with Crippen LogP contribution in [0.15, 0.2) is 30.3 Å². The van der Waals surface area contributed by atoms with E-state index in [9.17, 15) is 4.79 Å². The van der Waals surface area contributed by atoms with Crippen LogP contribution in [0.5, 0.6) is 0 Å². The summed E-state index contributed by atoms with van der Waals surface area (Å²) < 4.78 is 0. The second-order valence-corrected chi connectivity index (χ2v) is 3.64. The molecule has 0 amide bonds. The molecule has 1 aromatic rings. The summed E-state index contributed by atoms with van der Waals surface area (Å²) in [5.41, 5.74) is 1.41. The van der Waals surface area contributed by atoms with Crippen molar-refractivity contribution in [2.45, 2.75) is 33.6 Å². The molecule has 0 heterocycles. The maximum atomic E-state index is 9.62. The first-order chi connectivity index (χ1) is 6.70. The number of aldehydes is 1. The number of hydrogen-bond donors (Lipinski definition) is 0. The molecule has 0 atom stereocenters. The van der Waals surface area contributed by atoms with Crippen LogP contribution < -0.4 is 0 Å². The molecule has 0 aliphatic carbocycles. The van der Waals surface area contributed by atoms with Crippen molar-refractivity contribution in [2.75, 3.05) is 0 Å². The molecule has 1 rings (SSSR count). The van der Waals surface area contributed by atoms with Gasteiger partial charge in [-0.2, -0.15) is 0 Å². The number of hydrogen-bond acceptors (Lipinski definition) is 1. The first-order valence-corrected chi connectivity index (χ1v) is 5.18. The van der Waals surface area contributed by atoms with E-state index in [0.717, 1.165) is 12.7 Å². The van der Waals surface area contributed by atoms with Gasteiger partial charge in [0.2, 0.25) is 0 Å². The molecule has 0 radical (unpaired) electrons. The molecule has 0 saturated heterocycles. The SMILES string of the molecule is CC(C)CC=O.CCc1ccccc1. The van der Waals surface area contributed by atoms with Crippen LogP contribution in [0.4, 0.5) is 0 Å². The maximum absolute atomic E-state index is 9.62. The largest absolute Gasteiger partial charge is 0.303 e. The summed E-state index contributed by atoms with van der Waals surface area (Å²) in [6, 6.07) is 10.5. The van der Waals surface area contributed by atoms with Gasteiger partial charge < -0.3 is 4.79 Å². The van der Waals surface area contributed by atoms with Gasteiger partial charge in [-0.25, -0.2) is 0 Å². The number of carbonyl (C=O) groups is 1. The highest BCUT2D eigenvalue weighted by Crippen LogP contribution is 1.96. The molecular weight excluding hydrogens is 172 g/mol. The third kappa shape index (κ3) is 7.53. The van der Waals surface area contributed by atoms with E-state index in [1.807, 2.05) is 19.9 Å². The monoisotopic (exact) mass is 192 g/mol. The van der Waals surface area contributed by atoms with Gasteiger partial charge in [-0.3, -0.25) is 0 Å². The fourth-order valence-electron chi connectivity index (χ4n) is 0.906. The Hall–Kier alpha value is -1.11. The number of rotatable bonds is 3. The van der Waals surface area contributed by atoms with Gasteiger partial charge in [0.25, 0.3) is 0 Å². The summed E-state index contributed by atoms with van der Waals surface area (Å²) >= 11 is 0. The van der Waals surface area contributed by atoms with Crippen molar-refractivity contribution in [1.29, 1.82) is 0 Å². The lowest BCUT2D eigenvalue weighted by molar-refractivity contribution is -0.108. The predicted molar refractivity (Wildman–Crippen MR) is 61.3 cm³/mol. The highest BCUT2D eigenvalue weighted by molar-refractivity contribution is 5.49. The number of carbonyl (C=O) groups excluding carboxylic acids is 1. The van der Waals surface area contributed by atoms with Gasteiger partial charge in [0.15, 0.2) is 0 Å². The Labute approximate surface area is 87.2 Å². The fourth-order valence-corrected chi connectivity index (χ4v) is 0.906. The molecule has 0 spiro atoms. The quantitative estimate of drug-likeness (QED) is 0.670. The van der Waals surface area contributed by atoms with Crippen molar-refractivity contribution < 1.29 is 4.79 Å². The molecule has 1 aromatic carbocycles. The van der Waals surface area contributed by atoms with Crippen LogP contribution in [0.2, 0.25) is 0 Å². The van der Waals surface area contributed by atoms with Crippen LogP contribution in [0.25, 0.3) is 0 Å². The van der Waals surface area contributed by atoms with Crippen LogP contribution in [0, 0.1) is 5.92 Å². The molecule has 0 fully saturated rings. The van der Waals surface area contributed by atoms with Gasteiger partial charge in [-0.15, -0.1) is 0 Å². The van der Waals surface area contributed by atoms with E-state index in [-0.39, 0.29) is 0 Å². The third-order valence-corrected chi connectivity index (χ3v) is 1.82. The molecule has 1 nitrogen and oxygen atoms in total. The molecule has 0 aliphatic heterocycles. The molecule has 1 heteroatoms. The van der Waals surface area contributed by atoms with Gasteiger partial charge in [-0.05, 0) is 17.9 Å². The zero-order valence-corrected chi connectivity index (χ0v) is 9.36. The fraction of sp³-hybridized carbons (Fsp3) is 0.462. The summed E-state index contributed by atoms with van der Waals surface area (Å²) in [6.07, 6.45) is 2.78. The van der Waals surface area contributed by atoms with Crippen LogP contribution in [0.3, 0.4) is 0 Å². The summed E-state index contributed by atoms with van der Waals surface area (Å²) in [6.45, 7) is 6.21. The van der Waals surface area contributed by atoms with Gasteiger partial charge >= 0.3 is 0 Å². The Morgan fingerprint density at radius 2 is 1.79 bits per heavy atom. The molecule has 0 aromatic heterocycles. The van der Waals surface area contributed by atoms with Crippen molar-refractivity contribution in [3.8, 4) is 0 Å². The summed E-state index contributed by atoms with van der Waals surface area (Å²) in [4.78, 5) is 9.62. The van der Waals surface area contributed by atoms with Crippen LogP contribution in [0.1, 0.15) is 32.8 Å². The summed E-state index contributed by atoms with van der Waals surface area (Å²) in [5.74, 6) is 0.530. The third-order valence-electron chi connectivity index (χ3n) is 1.82. The molecular formula is C13H20O. The van der Waals surface area contributed by atoms with Gasteiger partial charge in [-0.1, -0.05) is 51.1 Å². The standard InChI is InChI=1S/C8H10.C5H10O/c1-2-8-6-4-3-5-7-8;1-5(2)3-4-6/h3-7H,2H2,1H3;4-5H,3H2,1-2H3. The average Bonchev–Trinajstić information content (AvgIpc) is 2.20. The zero-order chi connectivity index (χ0) is 10.8. The topological polar surface area (TPSA) is 17.1 Å². The van der Waals surface area contributed by atoms with Gasteiger partial charge in [0.05, 0.1) is 0 Å². The zero-order valence-electron chi connectivity index (χ0n) is 9.36. The molecule has 0 saturated carbocycles. The van der Waals surface area contributed by atoms with E-state index >= 15 is 0 Å². The lowest BCUT2D eigenvalue weighted by atomic mass is 10.2. The summed E-state index contributed by atoms with van der Waals surface area (Å²) in [5, 5.41) is 0. The molecule has 0 N–H and O–H groups in total. The Balaban J connectivity index is 0.000000255. The Morgan fingerprint density at radius 3 is 2.00 bits per heavy atom. The van der Waals surface area contributed by atoms with Gasteiger partial charge in [0.1, 0.15) is 6.29 Å². The molecule has 0 aliphatic rings. The van der Waals surface area contributed by atoms with Crippen molar-refractivity contribution in [2.24, 2.45) is 5.92 Å². The van der Waals surface area contributed by atoms with Crippen LogP contribution in [-0.4, -0.2) is 6.29 Å². The Kier molecular flexibility index (Phi) is 7.81. The van der Waals surface area contributed by atoms with E-state index in [1.165, 1.54) is 5.56 Å². The highest BCUT2D eigenvalue weighted by atomic mass is 16.1. The maximum Gasteiger partial charge on any atom is 0.120 e. The van der Waals surface area contributed by atoms with Crippen molar-refractivity contribution in [3.63, 3.8) is 0 Å². The van der Waals surface area contributed by atoms with Gasteiger partial charge in [0, 0.05) is 6.42 Å². The van der Waals surface area contributed by atoms with Crippen molar-refractivity contribution in [1.82, 2.24) is 0 Å². The average molecular weight is 192 g/mol. The lowest BCUT2D eigenvalue weighted by Crippen LogP contribution is -1.84. The van der Waals surface area contributed by atoms with Crippen LogP contribution >= 0.6 is 0 Å². The van der Waals surface area contributed by atoms with E-state index in [1.54, 1.807) is 0 Å². The van der Waals surface area contributed by atoms with Crippen LogP contribution in [-0.2, 0) is 11.2 Å². The normalized spacial score (nSPS) is 9.14. The Bertz CT molecular complexity index is 226. The first-order valence-electron chi connectivity index (χ1n) is 5.18. The number of aryl methyl sites for hydroxylation is 1. The van der Waals surface area contributed by atoms with E-state index < -0.39 is 0 Å². The molecule has 0 unspecified atom stereocenters. The van der Waals surface area contributed by atoms with Crippen molar-refractivity contribution in [3.05, 3.63) is 35.9 Å². The summed E-state index contributed by atoms with van der Waals surface area (Å²) in [7, 11) is 0. The lowest BCUT2D eigenvalue weighted by Gasteiger charge is -1.89. The molecule has 14 heavy (non-hydrogen) atoms. The minimum Gasteiger partial charge on any atom is -0.303 e. The second-order valence-electron chi connectivity index (χ2n) is 3.64. The minimum atomic E-state index is 0.530. The second kappa shape index (κ2) is 8.49. The first kappa shape index (κ1) is 12.9. The highest BCUT2D eigenvalue weighted by Gasteiger charge is 1.85.